The third-order valence-electron chi connectivity index (χ3n) is 4.04. The third kappa shape index (κ3) is 7.23. The number of nitrogens with one attached hydrogen (secondary N) is 1. The van der Waals surface area contributed by atoms with Crippen molar-refractivity contribution in [2.45, 2.75) is 52.2 Å². The van der Waals surface area contributed by atoms with Gasteiger partial charge >= 0.3 is 5.97 Å². The summed E-state index contributed by atoms with van der Waals surface area (Å²) in [5.41, 5.74) is 0.713. The van der Waals surface area contributed by atoms with E-state index in [4.69, 9.17) is 0 Å². The molecule has 0 saturated carbocycles. The highest BCUT2D eigenvalue weighted by atomic mass is 16.4. The smallest absolute Gasteiger partial charge is 0.306 e. The van der Waals surface area contributed by atoms with Crippen LogP contribution >= 0.6 is 0 Å². The van der Waals surface area contributed by atoms with Crippen LogP contribution in [0.15, 0.2) is 24.3 Å². The molecule has 0 aliphatic heterocycles. The molecule has 0 aliphatic carbocycles. The molecule has 1 aromatic rings. The van der Waals surface area contributed by atoms with Gasteiger partial charge in [0.25, 0.3) is 0 Å². The predicted molar refractivity (Wildman–Crippen MR) is 95.6 cm³/mol. The Bertz CT molecular complexity index is 625. The predicted octanol–water partition coefficient (Wildman–Crippen LogP) is 1.51. The van der Waals surface area contributed by atoms with E-state index in [0.717, 1.165) is 0 Å². The van der Waals surface area contributed by atoms with Gasteiger partial charge in [-0.15, -0.1) is 0 Å². The number of Topliss-reactive ketones (excluding diaryl/α,β-unsaturated/α-hetero) is 1. The van der Waals surface area contributed by atoms with Crippen LogP contribution in [0.3, 0.4) is 0 Å². The maximum absolute atomic E-state index is 12.4. The normalized spacial score (nSPS) is 14.5. The minimum absolute atomic E-state index is 0.0828. The molecule has 3 atom stereocenters. The maximum atomic E-state index is 12.4. The van der Waals surface area contributed by atoms with E-state index in [9.17, 15) is 29.7 Å². The van der Waals surface area contributed by atoms with Crippen molar-refractivity contribution >= 4 is 17.7 Å². The van der Waals surface area contributed by atoms with Crippen LogP contribution < -0.4 is 5.32 Å². The molecule has 1 rings (SSSR count). The van der Waals surface area contributed by atoms with Crippen molar-refractivity contribution in [2.24, 2.45) is 11.8 Å². The van der Waals surface area contributed by atoms with Crippen LogP contribution in [0.4, 0.5) is 0 Å². The molecule has 4 N–H and O–H groups in total. The first-order valence-electron chi connectivity index (χ1n) is 8.58. The topological polar surface area (TPSA) is 124 Å². The first kappa shape index (κ1) is 21.6. The number of carboxylic acid groups (broad SMARTS) is 1. The molecular weight excluding hydrogens is 338 g/mol. The first-order valence-corrected chi connectivity index (χ1v) is 8.58. The summed E-state index contributed by atoms with van der Waals surface area (Å²) >= 11 is 0. The number of carbonyl (C=O) groups is 3. The largest absolute Gasteiger partial charge is 0.508 e. The molecule has 0 heterocycles. The highest BCUT2D eigenvalue weighted by Crippen LogP contribution is 2.19. The molecule has 0 fully saturated rings. The summed E-state index contributed by atoms with van der Waals surface area (Å²) in [4.78, 5) is 35.2. The monoisotopic (exact) mass is 365 g/mol. The number of hydrogen-bond acceptors (Lipinski definition) is 5. The van der Waals surface area contributed by atoms with E-state index in [-0.39, 0.29) is 24.5 Å². The number of aliphatic hydroxyl groups excluding tert-OH is 1. The summed E-state index contributed by atoms with van der Waals surface area (Å²) < 4.78 is 0. The van der Waals surface area contributed by atoms with Crippen LogP contribution in [-0.2, 0) is 20.8 Å². The molecule has 144 valence electrons. The van der Waals surface area contributed by atoms with Gasteiger partial charge in [-0.05, 0) is 36.5 Å². The minimum Gasteiger partial charge on any atom is -0.508 e. The molecule has 0 saturated heterocycles. The Morgan fingerprint density at radius 3 is 2.15 bits per heavy atom. The number of aliphatic hydroxyl groups is 1. The van der Waals surface area contributed by atoms with Gasteiger partial charge in [0.15, 0.2) is 5.78 Å². The number of amides is 1. The summed E-state index contributed by atoms with van der Waals surface area (Å²) in [6.45, 7) is 5.00. The fraction of sp³-hybridized carbons (Fsp3) is 0.526. The molecule has 1 aromatic carbocycles. The fourth-order valence-corrected chi connectivity index (χ4v) is 2.82. The van der Waals surface area contributed by atoms with Gasteiger partial charge in [-0.1, -0.05) is 26.0 Å². The summed E-state index contributed by atoms with van der Waals surface area (Å²) in [5.74, 6) is -2.78. The Balaban J connectivity index is 2.87. The number of aliphatic carboxylic acids is 1. The molecule has 0 aromatic heterocycles. The molecule has 0 aliphatic rings. The second-order valence-corrected chi connectivity index (χ2v) is 6.96. The number of rotatable bonds is 10. The van der Waals surface area contributed by atoms with Gasteiger partial charge in [-0.3, -0.25) is 14.4 Å². The Morgan fingerprint density at radius 1 is 1.12 bits per heavy atom. The van der Waals surface area contributed by atoms with Crippen molar-refractivity contribution in [3.8, 4) is 5.75 Å². The van der Waals surface area contributed by atoms with Crippen molar-refractivity contribution in [1.82, 2.24) is 5.32 Å². The second-order valence-electron chi connectivity index (χ2n) is 6.96. The quantitative estimate of drug-likeness (QED) is 0.498. The first-order chi connectivity index (χ1) is 12.1. The van der Waals surface area contributed by atoms with Crippen LogP contribution in [0.25, 0.3) is 0 Å². The lowest BCUT2D eigenvalue weighted by atomic mass is 9.89. The number of benzene rings is 1. The van der Waals surface area contributed by atoms with E-state index < -0.39 is 35.7 Å². The molecule has 0 unspecified atom stereocenters. The SMILES string of the molecule is CC(=O)N[C@H](Cc1ccc(O)cc1)[C@H](O)C(=O)C[C@@H](CC(C)C)C(=O)O. The molecule has 1 amide bonds. The Labute approximate surface area is 153 Å². The zero-order chi connectivity index (χ0) is 19.9. The second kappa shape index (κ2) is 9.91. The lowest BCUT2D eigenvalue weighted by molar-refractivity contribution is -0.146. The van der Waals surface area contributed by atoms with E-state index >= 15 is 0 Å². The van der Waals surface area contributed by atoms with Crippen molar-refractivity contribution in [3.63, 3.8) is 0 Å². The number of aromatic hydroxyl groups is 1. The van der Waals surface area contributed by atoms with Crippen LogP contribution in [0.1, 0.15) is 39.2 Å². The number of carbonyl (C=O) groups excluding carboxylic acids is 2. The average Bonchev–Trinajstić information content (AvgIpc) is 2.53. The van der Waals surface area contributed by atoms with Gasteiger partial charge in [0.1, 0.15) is 11.9 Å². The van der Waals surface area contributed by atoms with Crippen molar-refractivity contribution in [3.05, 3.63) is 29.8 Å². The standard InChI is InChI=1S/C19H27NO6/c1-11(2)8-14(19(25)26)10-17(23)18(24)16(20-12(3)21)9-13-4-6-15(22)7-5-13/h4-7,11,14,16,18,22,24H,8-10H2,1-3H3,(H,20,21)(H,25,26)/t14-,16-,18+/m1/s1. The highest BCUT2D eigenvalue weighted by Gasteiger charge is 2.31. The lowest BCUT2D eigenvalue weighted by Gasteiger charge is -2.24. The Hall–Kier alpha value is -2.41. The van der Waals surface area contributed by atoms with Crippen molar-refractivity contribution in [1.29, 1.82) is 0 Å². The van der Waals surface area contributed by atoms with Gasteiger partial charge in [0.05, 0.1) is 12.0 Å². The van der Waals surface area contributed by atoms with Gasteiger partial charge in [0.2, 0.25) is 5.91 Å². The summed E-state index contributed by atoms with van der Waals surface area (Å²) in [7, 11) is 0. The van der Waals surface area contributed by atoms with Crippen LogP contribution in [0.2, 0.25) is 0 Å². The average molecular weight is 365 g/mol. The van der Waals surface area contributed by atoms with E-state index in [0.29, 0.717) is 12.0 Å². The summed E-state index contributed by atoms with van der Waals surface area (Å²) in [6, 6.07) is 5.31. The Kier molecular flexibility index (Phi) is 8.25. The number of hydrogen-bond donors (Lipinski definition) is 4. The molecule has 0 radical (unpaired) electrons. The van der Waals surface area contributed by atoms with E-state index in [1.54, 1.807) is 12.1 Å². The fourth-order valence-electron chi connectivity index (χ4n) is 2.82. The number of phenols is 1. The molecular formula is C19H27NO6. The minimum atomic E-state index is -1.51. The zero-order valence-electron chi connectivity index (χ0n) is 15.3. The van der Waals surface area contributed by atoms with Crippen LogP contribution in [0, 0.1) is 11.8 Å². The summed E-state index contributed by atoms with van der Waals surface area (Å²) in [6.07, 6.45) is -1.30. The number of carboxylic acids is 1. The lowest BCUT2D eigenvalue weighted by Crippen LogP contribution is -2.48. The van der Waals surface area contributed by atoms with Crippen molar-refractivity contribution in [2.75, 3.05) is 0 Å². The van der Waals surface area contributed by atoms with Crippen LogP contribution in [0.5, 0.6) is 5.75 Å². The highest BCUT2D eigenvalue weighted by molar-refractivity contribution is 5.88. The van der Waals surface area contributed by atoms with E-state index in [1.165, 1.54) is 19.1 Å². The molecule has 0 spiro atoms. The van der Waals surface area contributed by atoms with Gasteiger partial charge in [0, 0.05) is 13.3 Å². The van der Waals surface area contributed by atoms with Gasteiger partial charge in [-0.2, -0.15) is 0 Å². The molecule has 7 nitrogen and oxygen atoms in total. The third-order valence-corrected chi connectivity index (χ3v) is 4.04. The van der Waals surface area contributed by atoms with E-state index in [2.05, 4.69) is 5.32 Å². The molecule has 26 heavy (non-hydrogen) atoms. The summed E-state index contributed by atoms with van der Waals surface area (Å²) in [5, 5.41) is 31.5. The van der Waals surface area contributed by atoms with E-state index in [1.807, 2.05) is 13.8 Å². The number of phenolic OH excluding ortho intramolecular Hbond substituents is 1. The van der Waals surface area contributed by atoms with Gasteiger partial charge in [-0.25, -0.2) is 0 Å². The maximum Gasteiger partial charge on any atom is 0.306 e. The molecule has 7 heteroatoms. The zero-order valence-corrected chi connectivity index (χ0v) is 15.3. The van der Waals surface area contributed by atoms with Crippen LogP contribution in [-0.4, -0.2) is 45.1 Å². The number of ketones is 1. The van der Waals surface area contributed by atoms with Gasteiger partial charge < -0.3 is 20.6 Å². The molecule has 0 bridgehead atoms. The Morgan fingerprint density at radius 2 is 1.69 bits per heavy atom. The van der Waals surface area contributed by atoms with Crippen molar-refractivity contribution < 1.29 is 29.7 Å².